The van der Waals surface area contributed by atoms with Crippen LogP contribution in [-0.2, 0) is 11.2 Å². The molecule has 0 aliphatic carbocycles. The van der Waals surface area contributed by atoms with Gasteiger partial charge in [-0.2, -0.15) is 0 Å². The van der Waals surface area contributed by atoms with Gasteiger partial charge in [-0.25, -0.2) is 4.99 Å². The van der Waals surface area contributed by atoms with E-state index in [-0.39, 0.29) is 23.7 Å². The lowest BCUT2D eigenvalue weighted by molar-refractivity contribution is -0.122. The molecule has 0 aliphatic heterocycles. The number of hydrogen-bond donors (Lipinski definition) is 2. The first kappa shape index (κ1) is 18.1. The number of aromatic nitrogens is 1. The van der Waals surface area contributed by atoms with Gasteiger partial charge in [0, 0.05) is 35.0 Å². The van der Waals surface area contributed by atoms with Crippen molar-refractivity contribution in [2.75, 3.05) is 0 Å². The molecular formula is C20H22N4OS. The molecule has 5 nitrogen and oxygen atoms in total. The molecule has 2 aromatic heterocycles. The van der Waals surface area contributed by atoms with Gasteiger partial charge in [-0.1, -0.05) is 31.2 Å². The molecule has 3 aromatic rings. The summed E-state index contributed by atoms with van der Waals surface area (Å²) in [6.07, 6.45) is 4.58. The smallest absolute Gasteiger partial charge is 0.186 e. The molecule has 3 rings (SSSR count). The topological polar surface area (TPSA) is 94.4 Å². The van der Waals surface area contributed by atoms with Gasteiger partial charge in [-0.05, 0) is 34.9 Å². The summed E-state index contributed by atoms with van der Waals surface area (Å²) in [6.45, 7) is 1.94. The van der Waals surface area contributed by atoms with Crippen LogP contribution < -0.4 is 11.5 Å². The van der Waals surface area contributed by atoms with Gasteiger partial charge in [-0.15, -0.1) is 11.3 Å². The van der Waals surface area contributed by atoms with Crippen molar-refractivity contribution < 1.29 is 4.79 Å². The van der Waals surface area contributed by atoms with Crippen LogP contribution in [0.4, 0.5) is 0 Å². The lowest BCUT2D eigenvalue weighted by Gasteiger charge is -2.16. The maximum atomic E-state index is 12.7. The monoisotopic (exact) mass is 366 g/mol. The van der Waals surface area contributed by atoms with Gasteiger partial charge >= 0.3 is 0 Å². The SMILES string of the molecule is CC(CC(N=C(N)N)c1cccs1)C(=O)Cc1ccc2cnccc2c1. The first-order valence-corrected chi connectivity index (χ1v) is 9.38. The predicted octanol–water partition coefficient (Wildman–Crippen LogP) is 3.45. The Bertz CT molecular complexity index is 916. The van der Waals surface area contributed by atoms with Crippen LogP contribution in [0.15, 0.2) is 59.2 Å². The lowest BCUT2D eigenvalue weighted by Crippen LogP contribution is -2.24. The van der Waals surface area contributed by atoms with Crippen molar-refractivity contribution in [3.8, 4) is 0 Å². The van der Waals surface area contributed by atoms with Gasteiger partial charge in [0.15, 0.2) is 5.96 Å². The predicted molar refractivity (Wildman–Crippen MR) is 107 cm³/mol. The summed E-state index contributed by atoms with van der Waals surface area (Å²) in [6, 6.07) is 11.8. The molecule has 134 valence electrons. The van der Waals surface area contributed by atoms with Crippen molar-refractivity contribution in [1.82, 2.24) is 4.98 Å². The molecule has 2 heterocycles. The highest BCUT2D eigenvalue weighted by Gasteiger charge is 2.21. The van der Waals surface area contributed by atoms with Crippen LogP contribution in [-0.4, -0.2) is 16.7 Å². The second-order valence-electron chi connectivity index (χ2n) is 6.42. The average molecular weight is 366 g/mol. The van der Waals surface area contributed by atoms with Gasteiger partial charge in [0.2, 0.25) is 0 Å². The highest BCUT2D eigenvalue weighted by atomic mass is 32.1. The second-order valence-corrected chi connectivity index (χ2v) is 7.40. The number of thiophene rings is 1. The molecule has 0 saturated heterocycles. The molecule has 2 atom stereocenters. The van der Waals surface area contributed by atoms with E-state index < -0.39 is 0 Å². The number of aliphatic imine (C=N–C) groups is 1. The summed E-state index contributed by atoms with van der Waals surface area (Å²) in [7, 11) is 0. The Morgan fingerprint density at radius 2 is 2.08 bits per heavy atom. The van der Waals surface area contributed by atoms with Crippen LogP contribution in [0.3, 0.4) is 0 Å². The molecule has 0 saturated carbocycles. The zero-order valence-corrected chi connectivity index (χ0v) is 15.4. The third kappa shape index (κ3) is 4.46. The van der Waals surface area contributed by atoms with Crippen molar-refractivity contribution in [2.24, 2.45) is 22.4 Å². The lowest BCUT2D eigenvalue weighted by atomic mass is 9.92. The molecule has 0 spiro atoms. The number of carbonyl (C=O) groups is 1. The van der Waals surface area contributed by atoms with Crippen molar-refractivity contribution in [3.63, 3.8) is 0 Å². The third-order valence-corrected chi connectivity index (χ3v) is 5.36. The summed E-state index contributed by atoms with van der Waals surface area (Å²) >= 11 is 1.60. The Kier molecular flexibility index (Phi) is 5.63. The Labute approximate surface area is 156 Å². The maximum absolute atomic E-state index is 12.7. The molecule has 26 heavy (non-hydrogen) atoms. The van der Waals surface area contributed by atoms with Crippen LogP contribution in [0.25, 0.3) is 10.8 Å². The number of nitrogens with two attached hydrogens (primary N) is 2. The molecule has 0 amide bonds. The quantitative estimate of drug-likeness (QED) is 0.494. The Morgan fingerprint density at radius 1 is 1.23 bits per heavy atom. The van der Waals surface area contributed by atoms with E-state index in [0.29, 0.717) is 12.8 Å². The molecule has 0 radical (unpaired) electrons. The van der Waals surface area contributed by atoms with Gasteiger partial charge in [0.25, 0.3) is 0 Å². The number of nitrogens with zero attached hydrogens (tertiary/aromatic N) is 2. The van der Waals surface area contributed by atoms with E-state index in [0.717, 1.165) is 21.2 Å². The maximum Gasteiger partial charge on any atom is 0.186 e. The zero-order chi connectivity index (χ0) is 18.5. The first-order chi connectivity index (χ1) is 12.5. The van der Waals surface area contributed by atoms with Gasteiger partial charge in [-0.3, -0.25) is 9.78 Å². The normalized spacial score (nSPS) is 13.3. The van der Waals surface area contributed by atoms with E-state index in [1.165, 1.54) is 0 Å². The van der Waals surface area contributed by atoms with E-state index >= 15 is 0 Å². The third-order valence-electron chi connectivity index (χ3n) is 4.39. The van der Waals surface area contributed by atoms with Crippen LogP contribution in [0.5, 0.6) is 0 Å². The van der Waals surface area contributed by atoms with Gasteiger partial charge in [0.1, 0.15) is 5.78 Å². The number of benzene rings is 1. The number of ketones is 1. The summed E-state index contributed by atoms with van der Waals surface area (Å²) in [5.74, 6) is 0.0929. The Balaban J connectivity index is 1.70. The number of hydrogen-bond acceptors (Lipinski definition) is 4. The van der Waals surface area contributed by atoms with Crippen LogP contribution in [0.2, 0.25) is 0 Å². The molecule has 1 aromatic carbocycles. The van der Waals surface area contributed by atoms with E-state index in [4.69, 9.17) is 11.5 Å². The number of fused-ring (bicyclic) bond motifs is 1. The van der Waals surface area contributed by atoms with Crippen molar-refractivity contribution in [2.45, 2.75) is 25.8 Å². The highest BCUT2D eigenvalue weighted by molar-refractivity contribution is 7.10. The minimum absolute atomic E-state index is 0.0474. The summed E-state index contributed by atoms with van der Waals surface area (Å²) in [4.78, 5) is 22.2. The van der Waals surface area contributed by atoms with E-state index in [1.54, 1.807) is 17.5 Å². The number of guanidine groups is 1. The number of rotatable bonds is 7. The van der Waals surface area contributed by atoms with Gasteiger partial charge < -0.3 is 11.5 Å². The Hall–Kier alpha value is -2.73. The van der Waals surface area contributed by atoms with Crippen molar-refractivity contribution in [1.29, 1.82) is 0 Å². The van der Waals surface area contributed by atoms with Crippen LogP contribution in [0.1, 0.15) is 29.8 Å². The zero-order valence-electron chi connectivity index (χ0n) is 14.6. The number of Topliss-reactive ketones (excluding diaryl/α,β-unsaturated/α-hetero) is 1. The number of carbonyl (C=O) groups excluding carboxylic acids is 1. The largest absolute Gasteiger partial charge is 0.370 e. The minimum atomic E-state index is -0.179. The summed E-state index contributed by atoms with van der Waals surface area (Å²) in [5.41, 5.74) is 12.1. The molecule has 0 bridgehead atoms. The Morgan fingerprint density at radius 3 is 2.81 bits per heavy atom. The minimum Gasteiger partial charge on any atom is -0.370 e. The molecule has 0 aliphatic rings. The second kappa shape index (κ2) is 8.10. The van der Waals surface area contributed by atoms with Gasteiger partial charge in [0.05, 0.1) is 6.04 Å². The van der Waals surface area contributed by atoms with E-state index in [1.807, 2.05) is 48.8 Å². The molecule has 6 heteroatoms. The molecule has 2 unspecified atom stereocenters. The van der Waals surface area contributed by atoms with E-state index in [9.17, 15) is 4.79 Å². The first-order valence-electron chi connectivity index (χ1n) is 8.50. The number of pyridine rings is 1. The summed E-state index contributed by atoms with van der Waals surface area (Å²) in [5, 5.41) is 4.15. The van der Waals surface area contributed by atoms with Crippen molar-refractivity contribution in [3.05, 3.63) is 64.6 Å². The molecule has 0 fully saturated rings. The fourth-order valence-corrected chi connectivity index (χ4v) is 3.76. The standard InChI is InChI=1S/C20H22N4OS/c1-13(9-17(24-20(21)22)19-3-2-8-26-19)18(25)11-14-4-5-16-12-23-7-6-15(16)10-14/h2-8,10,12-13,17H,9,11H2,1H3,(H4,21,22,24). The van der Waals surface area contributed by atoms with E-state index in [2.05, 4.69) is 16.0 Å². The van der Waals surface area contributed by atoms with Crippen LogP contribution in [0, 0.1) is 5.92 Å². The highest BCUT2D eigenvalue weighted by Crippen LogP contribution is 2.29. The van der Waals surface area contributed by atoms with Crippen LogP contribution >= 0.6 is 11.3 Å². The average Bonchev–Trinajstić information content (AvgIpc) is 3.15. The molecular weight excluding hydrogens is 344 g/mol. The summed E-state index contributed by atoms with van der Waals surface area (Å²) < 4.78 is 0. The fraction of sp³-hybridized carbons (Fsp3) is 0.250. The van der Waals surface area contributed by atoms with Crippen molar-refractivity contribution >= 4 is 33.9 Å². The fourth-order valence-electron chi connectivity index (χ4n) is 2.98. The molecule has 4 N–H and O–H groups in total.